The van der Waals surface area contributed by atoms with Crippen molar-refractivity contribution in [2.45, 2.75) is 18.6 Å². The third-order valence-electron chi connectivity index (χ3n) is 4.36. The van der Waals surface area contributed by atoms with Crippen LogP contribution in [0.2, 0.25) is 0 Å². The molecule has 2 heterocycles. The van der Waals surface area contributed by atoms with Crippen LogP contribution in [0.5, 0.6) is 0 Å². The van der Waals surface area contributed by atoms with Crippen LogP contribution in [-0.4, -0.2) is 6.61 Å². The molecule has 3 heteroatoms. The van der Waals surface area contributed by atoms with E-state index in [1.54, 1.807) is 6.07 Å². The quantitative estimate of drug-likeness (QED) is 0.842. The average molecular weight is 269 g/mol. The Morgan fingerprint density at radius 3 is 2.80 bits per heavy atom. The molecule has 2 aromatic rings. The van der Waals surface area contributed by atoms with Gasteiger partial charge >= 0.3 is 0 Å². The highest BCUT2D eigenvalue weighted by atomic mass is 19.1. The molecular weight excluding hydrogens is 253 g/mol. The molecule has 2 aliphatic rings. The monoisotopic (exact) mass is 269 g/mol. The molecule has 1 fully saturated rings. The van der Waals surface area contributed by atoms with Gasteiger partial charge in [0, 0.05) is 23.8 Å². The summed E-state index contributed by atoms with van der Waals surface area (Å²) in [5.74, 6) is 0.171. The van der Waals surface area contributed by atoms with E-state index in [1.807, 2.05) is 12.1 Å². The van der Waals surface area contributed by atoms with Gasteiger partial charge in [-0.3, -0.25) is 0 Å². The summed E-state index contributed by atoms with van der Waals surface area (Å²) >= 11 is 0. The number of nitrogens with one attached hydrogen (secondary N) is 1. The lowest BCUT2D eigenvalue weighted by molar-refractivity contribution is 0.0826. The Kier molecular flexibility index (Phi) is 2.74. The first-order valence-electron chi connectivity index (χ1n) is 7.05. The van der Waals surface area contributed by atoms with E-state index in [0.29, 0.717) is 5.92 Å². The fourth-order valence-electron chi connectivity index (χ4n) is 3.43. The summed E-state index contributed by atoms with van der Waals surface area (Å²) in [5, 5.41) is 3.57. The molecule has 0 amide bonds. The van der Waals surface area contributed by atoms with Gasteiger partial charge < -0.3 is 10.1 Å². The summed E-state index contributed by atoms with van der Waals surface area (Å²) in [6.07, 6.45) is 1.01. The number of anilines is 1. The standard InChI is InChI=1S/C17H16FNO/c18-12-6-7-15-14(10-12)17-13(8-9-20-17)16(19-15)11-4-2-1-3-5-11/h1-7,10,13,16-17,19H,8-9H2/t13-,16-,17-/m0/s1. The van der Waals surface area contributed by atoms with E-state index in [4.69, 9.17) is 4.74 Å². The first-order valence-corrected chi connectivity index (χ1v) is 7.05. The van der Waals surface area contributed by atoms with Crippen molar-refractivity contribution < 1.29 is 9.13 Å². The van der Waals surface area contributed by atoms with Crippen LogP contribution in [0.1, 0.15) is 29.7 Å². The van der Waals surface area contributed by atoms with Crippen LogP contribution in [-0.2, 0) is 4.74 Å². The minimum atomic E-state index is -0.196. The van der Waals surface area contributed by atoms with Crippen molar-refractivity contribution in [3.05, 3.63) is 65.5 Å². The zero-order valence-corrected chi connectivity index (χ0v) is 11.1. The number of rotatable bonds is 1. The zero-order valence-electron chi connectivity index (χ0n) is 11.1. The second-order valence-electron chi connectivity index (χ2n) is 5.51. The molecule has 1 saturated heterocycles. The van der Waals surface area contributed by atoms with Crippen molar-refractivity contribution in [3.63, 3.8) is 0 Å². The van der Waals surface area contributed by atoms with Crippen molar-refractivity contribution in [3.8, 4) is 0 Å². The Morgan fingerprint density at radius 1 is 1.10 bits per heavy atom. The van der Waals surface area contributed by atoms with E-state index < -0.39 is 0 Å². The highest BCUT2D eigenvalue weighted by molar-refractivity contribution is 5.57. The zero-order chi connectivity index (χ0) is 13.5. The van der Waals surface area contributed by atoms with Crippen molar-refractivity contribution in [1.82, 2.24) is 0 Å². The lowest BCUT2D eigenvalue weighted by Crippen LogP contribution is -2.29. The molecule has 2 nitrogen and oxygen atoms in total. The van der Waals surface area contributed by atoms with E-state index >= 15 is 0 Å². The second kappa shape index (κ2) is 4.60. The van der Waals surface area contributed by atoms with Gasteiger partial charge in [-0.1, -0.05) is 30.3 Å². The Morgan fingerprint density at radius 2 is 1.95 bits per heavy atom. The fraction of sp³-hybridized carbons (Fsp3) is 0.294. The van der Waals surface area contributed by atoms with Gasteiger partial charge in [0.1, 0.15) is 5.82 Å². The summed E-state index contributed by atoms with van der Waals surface area (Å²) in [7, 11) is 0. The predicted molar refractivity (Wildman–Crippen MR) is 76.0 cm³/mol. The second-order valence-corrected chi connectivity index (χ2v) is 5.51. The third-order valence-corrected chi connectivity index (χ3v) is 4.36. The Labute approximate surface area is 117 Å². The van der Waals surface area contributed by atoms with Crippen molar-refractivity contribution in [2.75, 3.05) is 11.9 Å². The molecule has 0 bridgehead atoms. The van der Waals surface area contributed by atoms with Crippen LogP contribution >= 0.6 is 0 Å². The van der Waals surface area contributed by atoms with Crippen LogP contribution in [0.25, 0.3) is 0 Å². The Bertz CT molecular complexity index is 628. The summed E-state index contributed by atoms with van der Waals surface area (Å²) < 4.78 is 19.4. The summed E-state index contributed by atoms with van der Waals surface area (Å²) in [6.45, 7) is 0.746. The van der Waals surface area contributed by atoms with Gasteiger partial charge in [-0.05, 0) is 30.2 Å². The van der Waals surface area contributed by atoms with Gasteiger partial charge in [0.15, 0.2) is 0 Å². The van der Waals surface area contributed by atoms with Crippen LogP contribution in [0, 0.1) is 11.7 Å². The summed E-state index contributed by atoms with van der Waals surface area (Å²) in [6, 6.07) is 15.6. The van der Waals surface area contributed by atoms with E-state index in [-0.39, 0.29) is 18.0 Å². The summed E-state index contributed by atoms with van der Waals surface area (Å²) in [4.78, 5) is 0. The average Bonchev–Trinajstić information content (AvgIpc) is 2.97. The number of halogens is 1. The van der Waals surface area contributed by atoms with Gasteiger partial charge in [0.2, 0.25) is 0 Å². The molecule has 0 spiro atoms. The molecule has 20 heavy (non-hydrogen) atoms. The highest BCUT2D eigenvalue weighted by Gasteiger charge is 2.41. The molecule has 0 aliphatic carbocycles. The highest BCUT2D eigenvalue weighted by Crippen LogP contribution is 2.49. The lowest BCUT2D eigenvalue weighted by atomic mass is 9.81. The molecule has 2 aliphatic heterocycles. The molecule has 3 atom stereocenters. The van der Waals surface area contributed by atoms with Crippen LogP contribution < -0.4 is 5.32 Å². The topological polar surface area (TPSA) is 21.3 Å². The molecule has 2 aromatic carbocycles. The maximum Gasteiger partial charge on any atom is 0.123 e. The van der Waals surface area contributed by atoms with E-state index in [0.717, 1.165) is 24.3 Å². The fourth-order valence-corrected chi connectivity index (χ4v) is 3.43. The van der Waals surface area contributed by atoms with Gasteiger partial charge in [-0.2, -0.15) is 0 Å². The maximum absolute atomic E-state index is 13.5. The van der Waals surface area contributed by atoms with E-state index in [2.05, 4.69) is 29.6 Å². The number of hydrogen-bond donors (Lipinski definition) is 1. The first-order chi connectivity index (χ1) is 9.83. The number of benzene rings is 2. The minimum absolute atomic E-state index is 0.00663. The molecule has 0 aromatic heterocycles. The Hall–Kier alpha value is -1.87. The molecule has 0 radical (unpaired) electrons. The number of fused-ring (bicyclic) bond motifs is 3. The largest absolute Gasteiger partial charge is 0.378 e. The molecule has 102 valence electrons. The van der Waals surface area contributed by atoms with Gasteiger partial charge in [0.25, 0.3) is 0 Å². The van der Waals surface area contributed by atoms with Crippen LogP contribution in [0.15, 0.2) is 48.5 Å². The van der Waals surface area contributed by atoms with Gasteiger partial charge in [-0.25, -0.2) is 4.39 Å². The SMILES string of the molecule is Fc1ccc2c(c1)[C@H]1OCC[C@H]1[C@H](c1ccccc1)N2. The van der Waals surface area contributed by atoms with Crippen molar-refractivity contribution in [2.24, 2.45) is 5.92 Å². The van der Waals surface area contributed by atoms with Crippen molar-refractivity contribution in [1.29, 1.82) is 0 Å². The van der Waals surface area contributed by atoms with E-state index in [1.165, 1.54) is 11.6 Å². The van der Waals surface area contributed by atoms with Crippen LogP contribution in [0.4, 0.5) is 10.1 Å². The normalized spacial score (nSPS) is 27.6. The van der Waals surface area contributed by atoms with E-state index in [9.17, 15) is 4.39 Å². The smallest absolute Gasteiger partial charge is 0.123 e. The third kappa shape index (κ3) is 1.81. The van der Waals surface area contributed by atoms with Gasteiger partial charge in [0.05, 0.1) is 12.1 Å². The first kappa shape index (κ1) is 11.9. The number of hydrogen-bond acceptors (Lipinski definition) is 2. The molecular formula is C17H16FNO. The maximum atomic E-state index is 13.5. The molecule has 1 N–H and O–H groups in total. The van der Waals surface area contributed by atoms with Gasteiger partial charge in [-0.15, -0.1) is 0 Å². The summed E-state index contributed by atoms with van der Waals surface area (Å²) in [5.41, 5.74) is 3.21. The molecule has 0 saturated carbocycles. The number of ether oxygens (including phenoxy) is 1. The van der Waals surface area contributed by atoms with Crippen molar-refractivity contribution >= 4 is 5.69 Å². The Balaban J connectivity index is 1.79. The predicted octanol–water partition coefficient (Wildman–Crippen LogP) is 4.07. The lowest BCUT2D eigenvalue weighted by Gasteiger charge is -2.36. The molecule has 4 rings (SSSR count). The minimum Gasteiger partial charge on any atom is -0.378 e. The van der Waals surface area contributed by atoms with Crippen LogP contribution in [0.3, 0.4) is 0 Å². The molecule has 0 unspecified atom stereocenters.